The van der Waals surface area contributed by atoms with E-state index in [4.69, 9.17) is 18.6 Å². The molecule has 0 amide bonds. The van der Waals surface area contributed by atoms with Gasteiger partial charge in [-0.25, -0.2) is 0 Å². The topological polar surface area (TPSA) is 77.5 Å². The Hall–Kier alpha value is -3.82. The molecular formula is C26H22N2O4. The first kappa shape index (κ1) is 20.1. The van der Waals surface area contributed by atoms with Crippen LogP contribution < -0.4 is 9.47 Å². The van der Waals surface area contributed by atoms with Crippen LogP contribution in [0.5, 0.6) is 11.5 Å². The highest BCUT2D eigenvalue weighted by Gasteiger charge is 2.18. The molecule has 1 saturated heterocycles. The highest BCUT2D eigenvalue weighted by Crippen LogP contribution is 2.36. The molecule has 2 aromatic heterocycles. The summed E-state index contributed by atoms with van der Waals surface area (Å²) in [5, 5.41) is 9.73. The van der Waals surface area contributed by atoms with E-state index in [0.29, 0.717) is 35.9 Å². The lowest BCUT2D eigenvalue weighted by atomic mass is 10.0. The number of pyridine rings is 1. The minimum absolute atomic E-state index is 0.0739. The number of methoxy groups -OCH3 is 1. The number of fused-ring (bicyclic) bond motifs is 1. The zero-order chi connectivity index (χ0) is 21.9. The molecule has 0 saturated carbocycles. The number of ether oxygens (including phenoxy) is 3. The largest absolute Gasteiger partial charge is 0.497 e. The smallest absolute Gasteiger partial charge is 0.161 e. The number of hydrogen-bond donors (Lipinski definition) is 0. The standard InChI is InChI=1S/C26H22N2O4/c1-29-21-4-2-3-18(14-21)25-15-23-26(32-25)22(7-10-28-23)17-5-6-24(19(13-17)16-27)31-20-8-11-30-12-9-20/h2-7,10,13-15,20H,8-9,11-12H2,1H3. The maximum absolute atomic E-state index is 9.73. The fraction of sp³-hybridized carbons (Fsp3) is 0.231. The van der Waals surface area contributed by atoms with Crippen molar-refractivity contribution in [2.45, 2.75) is 18.9 Å². The summed E-state index contributed by atoms with van der Waals surface area (Å²) in [5.41, 5.74) is 4.58. The van der Waals surface area contributed by atoms with Crippen molar-refractivity contribution in [1.29, 1.82) is 5.26 Å². The highest BCUT2D eigenvalue weighted by molar-refractivity contribution is 5.92. The first-order chi connectivity index (χ1) is 15.7. The molecule has 32 heavy (non-hydrogen) atoms. The Morgan fingerprint density at radius 2 is 1.91 bits per heavy atom. The van der Waals surface area contributed by atoms with Gasteiger partial charge in [0.25, 0.3) is 0 Å². The van der Waals surface area contributed by atoms with Crippen LogP contribution in [0.2, 0.25) is 0 Å². The van der Waals surface area contributed by atoms with Gasteiger partial charge in [-0.05, 0) is 35.9 Å². The van der Waals surface area contributed by atoms with E-state index in [1.807, 2.05) is 54.6 Å². The SMILES string of the molecule is COc1cccc(-c2cc3nccc(-c4ccc(OC5CCOCC5)c(C#N)c4)c3o2)c1. The third-order valence-corrected chi connectivity index (χ3v) is 5.64. The van der Waals surface area contributed by atoms with Gasteiger partial charge in [0.2, 0.25) is 0 Å². The molecule has 0 N–H and O–H groups in total. The van der Waals surface area contributed by atoms with E-state index < -0.39 is 0 Å². The van der Waals surface area contributed by atoms with Gasteiger partial charge in [-0.2, -0.15) is 5.26 Å². The summed E-state index contributed by atoms with van der Waals surface area (Å²) >= 11 is 0. The Morgan fingerprint density at radius 3 is 2.72 bits per heavy atom. The summed E-state index contributed by atoms with van der Waals surface area (Å²) in [5.74, 6) is 2.07. The van der Waals surface area contributed by atoms with Gasteiger partial charge in [0, 0.05) is 36.2 Å². The lowest BCUT2D eigenvalue weighted by molar-refractivity contribution is 0.0254. The van der Waals surface area contributed by atoms with Gasteiger partial charge in [0.1, 0.15) is 34.9 Å². The lowest BCUT2D eigenvalue weighted by Crippen LogP contribution is -2.26. The Bertz CT molecular complexity index is 1300. The average Bonchev–Trinajstić information content (AvgIpc) is 3.30. The molecule has 0 aliphatic carbocycles. The molecule has 4 aromatic rings. The molecule has 6 heteroatoms. The summed E-state index contributed by atoms with van der Waals surface area (Å²) in [7, 11) is 1.64. The molecule has 0 unspecified atom stereocenters. The van der Waals surface area contributed by atoms with Crippen LogP contribution in [-0.4, -0.2) is 31.4 Å². The molecule has 0 bridgehead atoms. The first-order valence-corrected chi connectivity index (χ1v) is 10.6. The second-order valence-electron chi connectivity index (χ2n) is 7.67. The predicted octanol–water partition coefficient (Wildman–Crippen LogP) is 5.60. The van der Waals surface area contributed by atoms with E-state index in [1.165, 1.54) is 0 Å². The van der Waals surface area contributed by atoms with Gasteiger partial charge in [0.15, 0.2) is 5.58 Å². The fourth-order valence-corrected chi connectivity index (χ4v) is 3.95. The van der Waals surface area contributed by atoms with Crippen LogP contribution in [0.3, 0.4) is 0 Å². The summed E-state index contributed by atoms with van der Waals surface area (Å²) in [6.45, 7) is 1.38. The third kappa shape index (κ3) is 3.91. The van der Waals surface area contributed by atoms with E-state index in [1.54, 1.807) is 13.3 Å². The van der Waals surface area contributed by atoms with Crippen LogP contribution in [-0.2, 0) is 4.74 Å². The van der Waals surface area contributed by atoms with Crippen LogP contribution in [0.1, 0.15) is 18.4 Å². The highest BCUT2D eigenvalue weighted by atomic mass is 16.5. The number of rotatable bonds is 5. The second-order valence-corrected chi connectivity index (χ2v) is 7.67. The molecule has 1 fully saturated rings. The maximum Gasteiger partial charge on any atom is 0.161 e. The Kier molecular flexibility index (Phi) is 5.49. The van der Waals surface area contributed by atoms with Gasteiger partial charge in [-0.15, -0.1) is 0 Å². The van der Waals surface area contributed by atoms with Gasteiger partial charge in [-0.3, -0.25) is 4.98 Å². The number of benzene rings is 2. The second kappa shape index (κ2) is 8.74. The molecule has 160 valence electrons. The third-order valence-electron chi connectivity index (χ3n) is 5.64. The number of furan rings is 1. The fourth-order valence-electron chi connectivity index (χ4n) is 3.95. The normalized spacial score (nSPS) is 14.2. The predicted molar refractivity (Wildman–Crippen MR) is 121 cm³/mol. The first-order valence-electron chi connectivity index (χ1n) is 10.6. The zero-order valence-corrected chi connectivity index (χ0v) is 17.7. The number of aromatic nitrogens is 1. The van der Waals surface area contributed by atoms with Crippen molar-refractivity contribution >= 4 is 11.1 Å². The van der Waals surface area contributed by atoms with Crippen LogP contribution in [0.15, 0.2) is 65.2 Å². The molecule has 0 spiro atoms. The van der Waals surface area contributed by atoms with E-state index in [2.05, 4.69) is 11.1 Å². The lowest BCUT2D eigenvalue weighted by Gasteiger charge is -2.23. The van der Waals surface area contributed by atoms with Crippen LogP contribution >= 0.6 is 0 Å². The zero-order valence-electron chi connectivity index (χ0n) is 17.7. The Balaban J connectivity index is 1.51. The summed E-state index contributed by atoms with van der Waals surface area (Å²) in [6, 6.07) is 19.5. The Labute approximate surface area is 186 Å². The average molecular weight is 426 g/mol. The monoisotopic (exact) mass is 426 g/mol. The molecule has 0 radical (unpaired) electrons. The van der Waals surface area contributed by atoms with Crippen molar-refractivity contribution in [3.8, 4) is 40.0 Å². The molecule has 6 nitrogen and oxygen atoms in total. The van der Waals surface area contributed by atoms with Crippen molar-refractivity contribution in [2.75, 3.05) is 20.3 Å². The van der Waals surface area contributed by atoms with Gasteiger partial charge in [0.05, 0.1) is 25.9 Å². The van der Waals surface area contributed by atoms with E-state index in [-0.39, 0.29) is 6.10 Å². The van der Waals surface area contributed by atoms with E-state index >= 15 is 0 Å². The molecule has 1 aliphatic heterocycles. The molecular weight excluding hydrogens is 404 g/mol. The minimum atomic E-state index is 0.0739. The van der Waals surface area contributed by atoms with Crippen molar-refractivity contribution in [3.05, 3.63) is 66.4 Å². The molecule has 5 rings (SSSR count). The van der Waals surface area contributed by atoms with E-state index in [9.17, 15) is 5.26 Å². The minimum Gasteiger partial charge on any atom is -0.497 e. The van der Waals surface area contributed by atoms with Crippen molar-refractivity contribution in [1.82, 2.24) is 4.98 Å². The molecule has 1 aliphatic rings. The van der Waals surface area contributed by atoms with Gasteiger partial charge >= 0.3 is 0 Å². The molecule has 0 atom stereocenters. The van der Waals surface area contributed by atoms with Crippen LogP contribution in [0, 0.1) is 11.3 Å². The molecule has 3 heterocycles. The van der Waals surface area contributed by atoms with Crippen molar-refractivity contribution < 1.29 is 18.6 Å². The Morgan fingerprint density at radius 1 is 1.03 bits per heavy atom. The number of nitrogens with zero attached hydrogens (tertiary/aromatic N) is 2. The van der Waals surface area contributed by atoms with E-state index in [0.717, 1.165) is 40.8 Å². The van der Waals surface area contributed by atoms with Crippen LogP contribution in [0.25, 0.3) is 33.6 Å². The molecule has 2 aromatic carbocycles. The summed E-state index contributed by atoms with van der Waals surface area (Å²) in [6.07, 6.45) is 3.49. The summed E-state index contributed by atoms with van der Waals surface area (Å²) < 4.78 is 23.0. The number of hydrogen-bond acceptors (Lipinski definition) is 6. The van der Waals surface area contributed by atoms with Gasteiger partial charge in [-0.1, -0.05) is 18.2 Å². The van der Waals surface area contributed by atoms with Gasteiger partial charge < -0.3 is 18.6 Å². The van der Waals surface area contributed by atoms with Crippen molar-refractivity contribution in [3.63, 3.8) is 0 Å². The summed E-state index contributed by atoms with van der Waals surface area (Å²) in [4.78, 5) is 4.47. The van der Waals surface area contributed by atoms with Crippen molar-refractivity contribution in [2.24, 2.45) is 0 Å². The van der Waals surface area contributed by atoms with Crippen LogP contribution in [0.4, 0.5) is 0 Å². The number of nitriles is 1. The quantitative estimate of drug-likeness (QED) is 0.413. The maximum atomic E-state index is 9.73.